The molecule has 4 heteroatoms. The first-order valence-corrected chi connectivity index (χ1v) is 7.47. The van der Waals surface area contributed by atoms with Crippen LogP contribution >= 0.6 is 0 Å². The summed E-state index contributed by atoms with van der Waals surface area (Å²) in [6.07, 6.45) is 9.65. The van der Waals surface area contributed by atoms with Crippen LogP contribution in [0.25, 0.3) is 11.1 Å². The number of benzene rings is 1. The van der Waals surface area contributed by atoms with E-state index in [0.29, 0.717) is 11.1 Å². The maximum absolute atomic E-state index is 13.4. The SMILES string of the molecule is CCCCCCCn1cc(-c2cc(F)ccc2C#N)cn1. The van der Waals surface area contributed by atoms with Gasteiger partial charge in [-0.2, -0.15) is 10.4 Å². The summed E-state index contributed by atoms with van der Waals surface area (Å²) in [5.74, 6) is -0.337. The van der Waals surface area contributed by atoms with Crippen molar-refractivity contribution in [2.75, 3.05) is 0 Å². The third kappa shape index (κ3) is 4.16. The van der Waals surface area contributed by atoms with Gasteiger partial charge in [0.05, 0.1) is 17.8 Å². The van der Waals surface area contributed by atoms with Gasteiger partial charge in [0, 0.05) is 23.9 Å². The number of rotatable bonds is 7. The second kappa shape index (κ2) is 7.58. The highest BCUT2D eigenvalue weighted by Gasteiger charge is 2.08. The van der Waals surface area contributed by atoms with Gasteiger partial charge < -0.3 is 0 Å². The van der Waals surface area contributed by atoms with Crippen LogP contribution < -0.4 is 0 Å². The van der Waals surface area contributed by atoms with E-state index in [2.05, 4.69) is 18.1 Å². The number of unbranched alkanes of at least 4 members (excludes halogenated alkanes) is 4. The Morgan fingerprint density at radius 2 is 2.05 bits per heavy atom. The number of hydrogen-bond donors (Lipinski definition) is 0. The minimum Gasteiger partial charge on any atom is -0.272 e. The normalized spacial score (nSPS) is 10.5. The summed E-state index contributed by atoms with van der Waals surface area (Å²) in [4.78, 5) is 0. The fourth-order valence-corrected chi connectivity index (χ4v) is 2.36. The lowest BCUT2D eigenvalue weighted by Crippen LogP contribution is -1.97. The van der Waals surface area contributed by atoms with Crippen LogP contribution in [0, 0.1) is 17.1 Å². The van der Waals surface area contributed by atoms with Crippen molar-refractivity contribution in [1.29, 1.82) is 5.26 Å². The number of hydrogen-bond acceptors (Lipinski definition) is 2. The third-order valence-corrected chi connectivity index (χ3v) is 3.54. The van der Waals surface area contributed by atoms with Crippen molar-refractivity contribution in [3.05, 3.63) is 42.0 Å². The summed E-state index contributed by atoms with van der Waals surface area (Å²) < 4.78 is 15.2. The van der Waals surface area contributed by atoms with E-state index in [0.717, 1.165) is 18.5 Å². The van der Waals surface area contributed by atoms with Crippen LogP contribution in [0.4, 0.5) is 4.39 Å². The molecule has 1 aromatic carbocycles. The van der Waals surface area contributed by atoms with Gasteiger partial charge in [0.25, 0.3) is 0 Å². The molecule has 2 aromatic rings. The Morgan fingerprint density at radius 1 is 1.24 bits per heavy atom. The Hall–Kier alpha value is -2.15. The third-order valence-electron chi connectivity index (χ3n) is 3.54. The second-order valence-electron chi connectivity index (χ2n) is 5.21. The highest BCUT2D eigenvalue weighted by molar-refractivity contribution is 5.69. The van der Waals surface area contributed by atoms with Crippen molar-refractivity contribution >= 4 is 0 Å². The van der Waals surface area contributed by atoms with Crippen LogP contribution in [0.1, 0.15) is 44.6 Å². The van der Waals surface area contributed by atoms with E-state index in [1.807, 2.05) is 10.9 Å². The Morgan fingerprint density at radius 3 is 2.81 bits per heavy atom. The first-order valence-electron chi connectivity index (χ1n) is 7.47. The molecule has 1 heterocycles. The molecule has 0 radical (unpaired) electrons. The molecule has 0 N–H and O–H groups in total. The lowest BCUT2D eigenvalue weighted by molar-refractivity contribution is 0.533. The van der Waals surface area contributed by atoms with Crippen LogP contribution in [0.2, 0.25) is 0 Å². The van der Waals surface area contributed by atoms with Gasteiger partial charge in [-0.25, -0.2) is 4.39 Å². The van der Waals surface area contributed by atoms with Gasteiger partial charge in [-0.3, -0.25) is 4.68 Å². The van der Waals surface area contributed by atoms with Crippen molar-refractivity contribution in [2.24, 2.45) is 0 Å². The molecular weight excluding hydrogens is 265 g/mol. The maximum atomic E-state index is 13.4. The zero-order valence-corrected chi connectivity index (χ0v) is 12.3. The summed E-state index contributed by atoms with van der Waals surface area (Å²) in [7, 11) is 0. The number of nitrogens with zero attached hydrogens (tertiary/aromatic N) is 3. The monoisotopic (exact) mass is 285 g/mol. The summed E-state index contributed by atoms with van der Waals surface area (Å²) in [6, 6.07) is 6.30. The smallest absolute Gasteiger partial charge is 0.123 e. The Labute approximate surface area is 125 Å². The van der Waals surface area contributed by atoms with Crippen LogP contribution in [0.5, 0.6) is 0 Å². The van der Waals surface area contributed by atoms with E-state index in [1.165, 1.54) is 43.9 Å². The zero-order valence-electron chi connectivity index (χ0n) is 12.3. The first-order chi connectivity index (χ1) is 10.2. The van der Waals surface area contributed by atoms with Crippen LogP contribution in [-0.4, -0.2) is 9.78 Å². The Balaban J connectivity index is 2.03. The topological polar surface area (TPSA) is 41.6 Å². The molecule has 0 fully saturated rings. The van der Waals surface area contributed by atoms with Gasteiger partial charge in [-0.1, -0.05) is 32.6 Å². The van der Waals surface area contributed by atoms with Crippen molar-refractivity contribution < 1.29 is 4.39 Å². The quantitative estimate of drug-likeness (QED) is 0.701. The molecule has 0 amide bonds. The van der Waals surface area contributed by atoms with E-state index in [9.17, 15) is 4.39 Å². The molecule has 21 heavy (non-hydrogen) atoms. The van der Waals surface area contributed by atoms with Gasteiger partial charge in [-0.15, -0.1) is 0 Å². The highest BCUT2D eigenvalue weighted by Crippen LogP contribution is 2.24. The summed E-state index contributed by atoms with van der Waals surface area (Å²) in [5, 5.41) is 13.4. The summed E-state index contributed by atoms with van der Waals surface area (Å²) in [5.41, 5.74) is 1.87. The standard InChI is InChI=1S/C17H20FN3/c1-2-3-4-5-6-9-21-13-15(12-20-21)17-10-16(18)8-7-14(17)11-19/h7-8,10,12-13H,2-6,9H2,1H3. The highest BCUT2D eigenvalue weighted by atomic mass is 19.1. The molecule has 1 aromatic heterocycles. The first kappa shape index (κ1) is 15.2. The minimum absolute atomic E-state index is 0.337. The molecule has 0 aliphatic carbocycles. The predicted octanol–water partition coefficient (Wildman–Crippen LogP) is 4.53. The van der Waals surface area contributed by atoms with Gasteiger partial charge in [0.15, 0.2) is 0 Å². The average Bonchev–Trinajstić information content (AvgIpc) is 2.96. The molecule has 0 spiro atoms. The number of aromatic nitrogens is 2. The lowest BCUT2D eigenvalue weighted by Gasteiger charge is -2.02. The van der Waals surface area contributed by atoms with E-state index >= 15 is 0 Å². The predicted molar refractivity (Wildman–Crippen MR) is 81.1 cm³/mol. The summed E-state index contributed by atoms with van der Waals surface area (Å²) >= 11 is 0. The van der Waals surface area contributed by atoms with Crippen LogP contribution in [0.3, 0.4) is 0 Å². The van der Waals surface area contributed by atoms with Crippen molar-refractivity contribution in [1.82, 2.24) is 9.78 Å². The number of halogens is 1. The fraction of sp³-hybridized carbons (Fsp3) is 0.412. The molecule has 0 aliphatic rings. The second-order valence-corrected chi connectivity index (χ2v) is 5.21. The van der Waals surface area contributed by atoms with Gasteiger partial charge in [0.1, 0.15) is 5.82 Å². The van der Waals surface area contributed by atoms with E-state index in [1.54, 1.807) is 6.20 Å². The van der Waals surface area contributed by atoms with Gasteiger partial charge in [-0.05, 0) is 24.6 Å². The van der Waals surface area contributed by atoms with Crippen LogP contribution in [0.15, 0.2) is 30.6 Å². The van der Waals surface area contributed by atoms with Gasteiger partial charge >= 0.3 is 0 Å². The fourth-order valence-electron chi connectivity index (χ4n) is 2.36. The van der Waals surface area contributed by atoms with E-state index in [-0.39, 0.29) is 5.82 Å². The molecule has 0 saturated carbocycles. The number of aryl methyl sites for hydroxylation is 1. The molecular formula is C17H20FN3. The molecule has 0 aliphatic heterocycles. The molecule has 0 saturated heterocycles. The molecule has 110 valence electrons. The molecule has 0 unspecified atom stereocenters. The van der Waals surface area contributed by atoms with Crippen LogP contribution in [-0.2, 0) is 6.54 Å². The molecule has 3 nitrogen and oxygen atoms in total. The van der Waals surface area contributed by atoms with Crippen molar-refractivity contribution in [3.8, 4) is 17.2 Å². The van der Waals surface area contributed by atoms with E-state index in [4.69, 9.17) is 5.26 Å². The lowest BCUT2D eigenvalue weighted by atomic mass is 10.0. The summed E-state index contributed by atoms with van der Waals surface area (Å²) in [6.45, 7) is 3.06. The molecule has 0 bridgehead atoms. The molecule has 0 atom stereocenters. The van der Waals surface area contributed by atoms with Gasteiger partial charge in [0.2, 0.25) is 0 Å². The largest absolute Gasteiger partial charge is 0.272 e. The Bertz CT molecular complexity index is 625. The maximum Gasteiger partial charge on any atom is 0.123 e. The average molecular weight is 285 g/mol. The number of nitriles is 1. The van der Waals surface area contributed by atoms with E-state index < -0.39 is 0 Å². The van der Waals surface area contributed by atoms with Crippen molar-refractivity contribution in [3.63, 3.8) is 0 Å². The molecule has 2 rings (SSSR count). The Kier molecular flexibility index (Phi) is 5.51. The minimum atomic E-state index is -0.337. The van der Waals surface area contributed by atoms with Crippen molar-refractivity contribution in [2.45, 2.75) is 45.6 Å². The zero-order chi connectivity index (χ0) is 15.1.